The molecular formula is C20H25N3. The van der Waals surface area contributed by atoms with Gasteiger partial charge in [-0.25, -0.2) is 0 Å². The molecule has 2 aromatic carbocycles. The Bertz CT molecular complexity index is 884. The van der Waals surface area contributed by atoms with Gasteiger partial charge in [-0.3, -0.25) is 9.98 Å². The van der Waals surface area contributed by atoms with Crippen LogP contribution in [0, 0.1) is 5.41 Å². The van der Waals surface area contributed by atoms with Crippen LogP contribution in [0.5, 0.6) is 0 Å². The molecule has 3 aromatic rings. The predicted molar refractivity (Wildman–Crippen MR) is 96.3 cm³/mol. The van der Waals surface area contributed by atoms with Gasteiger partial charge in [0.1, 0.15) is 0 Å². The first-order chi connectivity index (χ1) is 10.9. The Morgan fingerprint density at radius 3 is 1.83 bits per heavy atom. The Hall–Kier alpha value is -2.29. The third-order valence-electron chi connectivity index (χ3n) is 4.58. The molecule has 1 heterocycles. The second-order valence-electron chi connectivity index (χ2n) is 6.80. The molecule has 0 spiro atoms. The fraction of sp³-hybridized carbons (Fsp3) is 0.350. The van der Waals surface area contributed by atoms with Crippen LogP contribution in [0.3, 0.4) is 0 Å². The smallest absolute Gasteiger partial charge is 0.207 e. The largest absolute Gasteiger partial charge is 0.313 e. The van der Waals surface area contributed by atoms with Crippen LogP contribution in [0.1, 0.15) is 50.7 Å². The van der Waals surface area contributed by atoms with Gasteiger partial charge in [0.25, 0.3) is 0 Å². The van der Waals surface area contributed by atoms with Crippen LogP contribution in [-0.4, -0.2) is 9.13 Å². The third-order valence-corrected chi connectivity index (χ3v) is 4.58. The number of hydrogen-bond acceptors (Lipinski definition) is 1. The second kappa shape index (κ2) is 5.73. The highest BCUT2D eigenvalue weighted by molar-refractivity contribution is 5.78. The number of hydrogen-bond donors (Lipinski definition) is 1. The molecule has 0 unspecified atom stereocenters. The van der Waals surface area contributed by atoms with Gasteiger partial charge in [0, 0.05) is 7.05 Å². The Morgan fingerprint density at radius 1 is 0.783 bits per heavy atom. The standard InChI is InChI=1S/C20H25N3/c1-13(2)15-9-8-10-16(14(3)4)19(15)23-18-12-7-6-11-17(18)22(5)20(23)21/h6-14,21H,1-5H3. The van der Waals surface area contributed by atoms with Crippen molar-refractivity contribution in [2.24, 2.45) is 7.05 Å². The van der Waals surface area contributed by atoms with E-state index in [0.717, 1.165) is 11.0 Å². The monoisotopic (exact) mass is 307 g/mol. The summed E-state index contributed by atoms with van der Waals surface area (Å²) in [6.45, 7) is 8.88. The lowest BCUT2D eigenvalue weighted by atomic mass is 9.92. The van der Waals surface area contributed by atoms with Crippen molar-refractivity contribution in [3.05, 3.63) is 59.2 Å². The molecule has 0 fully saturated rings. The summed E-state index contributed by atoms with van der Waals surface area (Å²) in [5, 5.41) is 8.66. The zero-order chi connectivity index (χ0) is 16.7. The first kappa shape index (κ1) is 15.6. The van der Waals surface area contributed by atoms with E-state index in [-0.39, 0.29) is 0 Å². The second-order valence-corrected chi connectivity index (χ2v) is 6.80. The molecule has 0 aliphatic heterocycles. The van der Waals surface area contributed by atoms with Crippen molar-refractivity contribution >= 4 is 11.0 Å². The van der Waals surface area contributed by atoms with Gasteiger partial charge in [-0.05, 0) is 35.1 Å². The molecule has 0 saturated heterocycles. The lowest BCUT2D eigenvalue weighted by Crippen LogP contribution is -2.23. The van der Waals surface area contributed by atoms with Crippen LogP contribution in [-0.2, 0) is 7.05 Å². The molecule has 0 aliphatic carbocycles. The Kier molecular flexibility index (Phi) is 3.88. The van der Waals surface area contributed by atoms with E-state index in [2.05, 4.69) is 62.6 Å². The van der Waals surface area contributed by atoms with Crippen LogP contribution in [0.15, 0.2) is 42.5 Å². The van der Waals surface area contributed by atoms with Crippen LogP contribution in [0.2, 0.25) is 0 Å². The fourth-order valence-corrected chi connectivity index (χ4v) is 3.31. The van der Waals surface area contributed by atoms with E-state index < -0.39 is 0 Å². The zero-order valence-electron chi connectivity index (χ0n) is 14.6. The summed E-state index contributed by atoms with van der Waals surface area (Å²) in [5.41, 5.74) is 6.47. The number of aryl methyl sites for hydroxylation is 1. The number of para-hydroxylation sites is 3. The van der Waals surface area contributed by atoms with Crippen LogP contribution in [0.25, 0.3) is 16.7 Å². The average molecular weight is 307 g/mol. The predicted octanol–water partition coefficient (Wildman–Crippen LogP) is 4.70. The Morgan fingerprint density at radius 2 is 1.30 bits per heavy atom. The molecule has 0 amide bonds. The summed E-state index contributed by atoms with van der Waals surface area (Å²) in [7, 11) is 1.97. The van der Waals surface area contributed by atoms with E-state index >= 15 is 0 Å². The number of fused-ring (bicyclic) bond motifs is 1. The number of aromatic nitrogens is 2. The van der Waals surface area contributed by atoms with Gasteiger partial charge < -0.3 is 4.57 Å². The van der Waals surface area contributed by atoms with Gasteiger partial charge in [-0.2, -0.15) is 0 Å². The molecule has 0 atom stereocenters. The minimum Gasteiger partial charge on any atom is -0.313 e. The van der Waals surface area contributed by atoms with Crippen LogP contribution in [0.4, 0.5) is 0 Å². The van der Waals surface area contributed by atoms with Gasteiger partial charge in [-0.15, -0.1) is 0 Å². The molecule has 0 aliphatic rings. The molecule has 0 radical (unpaired) electrons. The molecule has 0 saturated carbocycles. The highest BCUT2D eigenvalue weighted by atomic mass is 15.2. The molecular weight excluding hydrogens is 282 g/mol. The van der Waals surface area contributed by atoms with E-state index in [9.17, 15) is 0 Å². The van der Waals surface area contributed by atoms with Gasteiger partial charge >= 0.3 is 0 Å². The number of imidazole rings is 1. The molecule has 1 N–H and O–H groups in total. The minimum absolute atomic E-state index is 0.412. The minimum atomic E-state index is 0.412. The first-order valence-electron chi connectivity index (χ1n) is 8.27. The van der Waals surface area contributed by atoms with E-state index in [1.54, 1.807) is 0 Å². The van der Waals surface area contributed by atoms with Gasteiger partial charge in [0.05, 0.1) is 16.7 Å². The highest BCUT2D eigenvalue weighted by Crippen LogP contribution is 2.32. The SMILES string of the molecule is CC(C)c1cccc(C(C)C)c1-n1c(=N)n(C)c2ccccc21. The number of benzene rings is 2. The first-order valence-corrected chi connectivity index (χ1v) is 8.27. The molecule has 23 heavy (non-hydrogen) atoms. The molecule has 3 heteroatoms. The molecule has 3 nitrogen and oxygen atoms in total. The fourth-order valence-electron chi connectivity index (χ4n) is 3.31. The van der Waals surface area contributed by atoms with Gasteiger partial charge in [0.2, 0.25) is 5.62 Å². The summed E-state index contributed by atoms with van der Waals surface area (Å²) >= 11 is 0. The van der Waals surface area contributed by atoms with Crippen molar-refractivity contribution in [3.8, 4) is 5.69 Å². The summed E-state index contributed by atoms with van der Waals surface area (Å²) in [6, 6.07) is 14.8. The van der Waals surface area contributed by atoms with E-state index in [4.69, 9.17) is 5.41 Å². The van der Waals surface area contributed by atoms with Crippen molar-refractivity contribution < 1.29 is 0 Å². The Balaban J connectivity index is 2.49. The maximum absolute atomic E-state index is 8.66. The van der Waals surface area contributed by atoms with Crippen molar-refractivity contribution in [2.45, 2.75) is 39.5 Å². The Labute approximate surface area is 137 Å². The molecule has 0 bridgehead atoms. The summed E-state index contributed by atoms with van der Waals surface area (Å²) in [4.78, 5) is 0. The number of nitrogens with zero attached hydrogens (tertiary/aromatic N) is 2. The lowest BCUT2D eigenvalue weighted by molar-refractivity contribution is 0.754. The van der Waals surface area contributed by atoms with Crippen LogP contribution < -0.4 is 5.62 Å². The van der Waals surface area contributed by atoms with Crippen LogP contribution >= 0.6 is 0 Å². The lowest BCUT2D eigenvalue weighted by Gasteiger charge is -2.20. The zero-order valence-corrected chi connectivity index (χ0v) is 14.6. The van der Waals surface area contributed by atoms with Crippen molar-refractivity contribution in [2.75, 3.05) is 0 Å². The topological polar surface area (TPSA) is 33.7 Å². The normalized spacial score (nSPS) is 11.8. The molecule has 1 aromatic heterocycles. The number of nitrogens with one attached hydrogen (secondary N) is 1. The van der Waals surface area contributed by atoms with E-state index in [0.29, 0.717) is 17.5 Å². The van der Waals surface area contributed by atoms with Crippen molar-refractivity contribution in [3.63, 3.8) is 0 Å². The van der Waals surface area contributed by atoms with Crippen molar-refractivity contribution in [1.29, 1.82) is 5.41 Å². The van der Waals surface area contributed by atoms with E-state index in [1.807, 2.05) is 23.7 Å². The summed E-state index contributed by atoms with van der Waals surface area (Å²) in [6.07, 6.45) is 0. The highest BCUT2D eigenvalue weighted by Gasteiger charge is 2.19. The molecule has 3 rings (SSSR count). The van der Waals surface area contributed by atoms with Gasteiger partial charge in [-0.1, -0.05) is 58.0 Å². The summed E-state index contributed by atoms with van der Waals surface area (Å²) < 4.78 is 4.07. The van der Waals surface area contributed by atoms with E-state index in [1.165, 1.54) is 16.8 Å². The average Bonchev–Trinajstić information content (AvgIpc) is 2.78. The third kappa shape index (κ3) is 2.40. The van der Waals surface area contributed by atoms with Gasteiger partial charge in [0.15, 0.2) is 0 Å². The summed E-state index contributed by atoms with van der Waals surface area (Å²) in [5.74, 6) is 0.823. The number of rotatable bonds is 3. The maximum atomic E-state index is 8.66. The maximum Gasteiger partial charge on any atom is 0.207 e. The quantitative estimate of drug-likeness (QED) is 0.728. The molecule has 120 valence electrons. The van der Waals surface area contributed by atoms with Crippen molar-refractivity contribution in [1.82, 2.24) is 9.13 Å².